The summed E-state index contributed by atoms with van der Waals surface area (Å²) in [4.78, 5) is 0. The van der Waals surface area contributed by atoms with Crippen LogP contribution in [-0.4, -0.2) is 0 Å². The maximum Gasteiger partial charge on any atom is 0.159 e. The minimum absolute atomic E-state index is 0.301. The fraction of sp³-hybridized carbons (Fsp3) is 0.750. The van der Waals surface area contributed by atoms with E-state index in [1.807, 2.05) is 0 Å². The summed E-state index contributed by atoms with van der Waals surface area (Å²) in [6.07, 6.45) is 21.9. The molecular formula is C28H41F2. The Bertz CT molecular complexity index is 645. The van der Waals surface area contributed by atoms with Gasteiger partial charge in [-0.05, 0) is 117 Å². The van der Waals surface area contributed by atoms with Gasteiger partial charge in [-0.15, -0.1) is 0 Å². The predicted octanol–water partition coefficient (Wildman–Crippen LogP) is 8.86. The molecule has 2 heteroatoms. The molecule has 0 spiro atoms. The van der Waals surface area contributed by atoms with Crippen molar-refractivity contribution in [3.8, 4) is 0 Å². The van der Waals surface area contributed by atoms with Crippen molar-refractivity contribution in [3.63, 3.8) is 0 Å². The molecule has 0 bridgehead atoms. The number of halogens is 2. The summed E-state index contributed by atoms with van der Waals surface area (Å²) in [6, 6.07) is 4.45. The second-order valence-electron chi connectivity index (χ2n) is 10.7. The van der Waals surface area contributed by atoms with Crippen LogP contribution in [-0.2, 0) is 0 Å². The second kappa shape index (κ2) is 10.6. The molecule has 30 heavy (non-hydrogen) atoms. The zero-order valence-electron chi connectivity index (χ0n) is 18.9. The number of hydrogen-bond acceptors (Lipinski definition) is 0. The first-order chi connectivity index (χ1) is 14.6. The van der Waals surface area contributed by atoms with Crippen molar-refractivity contribution in [2.75, 3.05) is 0 Å². The lowest BCUT2D eigenvalue weighted by Gasteiger charge is -2.41. The fourth-order valence-corrected chi connectivity index (χ4v) is 6.97. The van der Waals surface area contributed by atoms with E-state index >= 15 is 0 Å². The smallest absolute Gasteiger partial charge is 0.159 e. The average Bonchev–Trinajstić information content (AvgIpc) is 2.80. The van der Waals surface area contributed by atoms with Crippen LogP contribution in [0.1, 0.15) is 108 Å². The largest absolute Gasteiger partial charge is 0.204 e. The van der Waals surface area contributed by atoms with Crippen molar-refractivity contribution in [1.29, 1.82) is 0 Å². The van der Waals surface area contributed by atoms with E-state index in [1.54, 1.807) is 6.07 Å². The molecular weight excluding hydrogens is 374 g/mol. The fourth-order valence-electron chi connectivity index (χ4n) is 6.97. The molecule has 3 aliphatic rings. The molecule has 1 radical (unpaired) electrons. The molecule has 0 aliphatic heterocycles. The van der Waals surface area contributed by atoms with E-state index in [9.17, 15) is 8.78 Å². The quantitative estimate of drug-likeness (QED) is 0.435. The molecule has 3 aliphatic carbocycles. The topological polar surface area (TPSA) is 0 Å². The van der Waals surface area contributed by atoms with Crippen molar-refractivity contribution in [1.82, 2.24) is 0 Å². The Hall–Kier alpha value is -0.920. The van der Waals surface area contributed by atoms with Crippen LogP contribution in [0.3, 0.4) is 0 Å². The van der Waals surface area contributed by atoms with Gasteiger partial charge < -0.3 is 0 Å². The summed E-state index contributed by atoms with van der Waals surface area (Å²) in [5, 5.41) is 0. The van der Waals surface area contributed by atoms with E-state index in [4.69, 9.17) is 0 Å². The first kappa shape index (κ1) is 22.3. The Balaban J connectivity index is 1.19. The SMILES string of the molecule is CCCC[C@H]1CC[C@H]([C@H]2CC[C@H](C3C[CH]C(c4ccc(F)c(F)c4)CC3)CC2)CC1. The van der Waals surface area contributed by atoms with Crippen molar-refractivity contribution in [2.45, 2.75) is 103 Å². The molecule has 167 valence electrons. The molecule has 1 aromatic carbocycles. The van der Waals surface area contributed by atoms with Gasteiger partial charge in [0.15, 0.2) is 11.6 Å². The van der Waals surface area contributed by atoms with E-state index in [-0.39, 0.29) is 0 Å². The first-order valence-electron chi connectivity index (χ1n) is 12.9. The van der Waals surface area contributed by atoms with Gasteiger partial charge in [0.25, 0.3) is 0 Å². The second-order valence-corrected chi connectivity index (χ2v) is 10.7. The third-order valence-electron chi connectivity index (χ3n) is 8.95. The van der Waals surface area contributed by atoms with E-state index in [0.29, 0.717) is 5.92 Å². The summed E-state index contributed by atoms with van der Waals surface area (Å²) < 4.78 is 26.8. The zero-order chi connectivity index (χ0) is 20.9. The van der Waals surface area contributed by atoms with Crippen molar-refractivity contribution < 1.29 is 8.78 Å². The van der Waals surface area contributed by atoms with Crippen molar-refractivity contribution in [2.24, 2.45) is 29.6 Å². The van der Waals surface area contributed by atoms with Gasteiger partial charge >= 0.3 is 0 Å². The molecule has 0 N–H and O–H groups in total. The highest BCUT2D eigenvalue weighted by atomic mass is 19.2. The van der Waals surface area contributed by atoms with Crippen LogP contribution in [0.25, 0.3) is 0 Å². The predicted molar refractivity (Wildman–Crippen MR) is 121 cm³/mol. The van der Waals surface area contributed by atoms with Crippen molar-refractivity contribution in [3.05, 3.63) is 41.8 Å². The Labute approximate surface area is 183 Å². The van der Waals surface area contributed by atoms with E-state index < -0.39 is 11.6 Å². The van der Waals surface area contributed by atoms with Crippen LogP contribution in [0.15, 0.2) is 18.2 Å². The molecule has 0 nitrogen and oxygen atoms in total. The van der Waals surface area contributed by atoms with Crippen LogP contribution in [0, 0.1) is 47.6 Å². The van der Waals surface area contributed by atoms with Crippen LogP contribution in [0.5, 0.6) is 0 Å². The molecule has 3 fully saturated rings. The molecule has 0 aromatic heterocycles. The third kappa shape index (κ3) is 5.46. The molecule has 4 rings (SSSR count). The van der Waals surface area contributed by atoms with Crippen LogP contribution in [0.2, 0.25) is 0 Å². The summed E-state index contributed by atoms with van der Waals surface area (Å²) in [5.41, 5.74) is 0.950. The lowest BCUT2D eigenvalue weighted by Crippen LogP contribution is -2.29. The third-order valence-corrected chi connectivity index (χ3v) is 8.95. The van der Waals surface area contributed by atoms with Gasteiger partial charge in [0.2, 0.25) is 0 Å². The molecule has 1 aromatic rings. The Kier molecular flexibility index (Phi) is 7.87. The summed E-state index contributed by atoms with van der Waals surface area (Å²) in [7, 11) is 0. The zero-order valence-corrected chi connectivity index (χ0v) is 18.9. The highest BCUT2D eigenvalue weighted by Gasteiger charge is 2.35. The van der Waals surface area contributed by atoms with Crippen LogP contribution >= 0.6 is 0 Å². The van der Waals surface area contributed by atoms with Gasteiger partial charge in [-0.1, -0.05) is 45.1 Å². The molecule has 0 amide bonds. The van der Waals surface area contributed by atoms with E-state index in [1.165, 1.54) is 89.2 Å². The first-order valence-corrected chi connectivity index (χ1v) is 12.9. The standard InChI is InChI=1S/C28H41F2/c1-2-3-4-20-5-7-21(8-6-20)22-9-11-23(12-10-22)24-13-15-25(16-14-24)26-17-18-27(29)28(30)19-26/h15,17-25H,2-14,16H2,1H3/t20-,21-,22-,23-,24?,25?. The summed E-state index contributed by atoms with van der Waals surface area (Å²) >= 11 is 0. The molecule has 0 saturated heterocycles. The molecule has 0 heterocycles. The van der Waals surface area contributed by atoms with Gasteiger partial charge in [-0.25, -0.2) is 8.78 Å². The lowest BCUT2D eigenvalue weighted by molar-refractivity contribution is 0.115. The van der Waals surface area contributed by atoms with Gasteiger partial charge in [-0.2, -0.15) is 0 Å². The Morgan fingerprint density at radius 1 is 0.733 bits per heavy atom. The van der Waals surface area contributed by atoms with Gasteiger partial charge in [0, 0.05) is 0 Å². The van der Waals surface area contributed by atoms with Crippen LogP contribution in [0.4, 0.5) is 8.78 Å². The van der Waals surface area contributed by atoms with E-state index in [0.717, 1.165) is 48.0 Å². The maximum absolute atomic E-state index is 13.6. The summed E-state index contributed by atoms with van der Waals surface area (Å²) in [6.45, 7) is 2.32. The Morgan fingerprint density at radius 3 is 1.90 bits per heavy atom. The lowest BCUT2D eigenvalue weighted by atomic mass is 9.64. The van der Waals surface area contributed by atoms with Gasteiger partial charge in [0.05, 0.1) is 0 Å². The monoisotopic (exact) mass is 415 g/mol. The summed E-state index contributed by atoms with van der Waals surface area (Å²) in [5.74, 6) is 3.60. The maximum atomic E-state index is 13.6. The van der Waals surface area contributed by atoms with Gasteiger partial charge in [-0.3, -0.25) is 0 Å². The number of unbranched alkanes of at least 4 members (excludes halogenated alkanes) is 1. The van der Waals surface area contributed by atoms with Gasteiger partial charge in [0.1, 0.15) is 0 Å². The molecule has 3 saturated carbocycles. The number of benzene rings is 1. The minimum Gasteiger partial charge on any atom is -0.204 e. The minimum atomic E-state index is -0.737. The Morgan fingerprint density at radius 2 is 1.33 bits per heavy atom. The molecule has 2 atom stereocenters. The molecule has 2 unspecified atom stereocenters. The highest BCUT2D eigenvalue weighted by Crippen LogP contribution is 2.47. The number of hydrogen-bond donors (Lipinski definition) is 0. The van der Waals surface area contributed by atoms with Crippen molar-refractivity contribution >= 4 is 0 Å². The van der Waals surface area contributed by atoms with Crippen LogP contribution < -0.4 is 0 Å². The highest BCUT2D eigenvalue weighted by molar-refractivity contribution is 5.25. The average molecular weight is 416 g/mol. The number of rotatable bonds is 6. The van der Waals surface area contributed by atoms with E-state index in [2.05, 4.69) is 13.3 Å². The normalized spacial score (nSPS) is 35.3.